The maximum Gasteiger partial charge on any atom is 0.250 e. The molecule has 2 aliphatic heterocycles. The molecule has 1 unspecified atom stereocenters. The van der Waals surface area contributed by atoms with E-state index in [-0.39, 0.29) is 23.3 Å². The molecule has 5 nitrogen and oxygen atoms in total. The number of aromatic nitrogens is 1. The molecule has 0 radical (unpaired) electrons. The minimum absolute atomic E-state index is 0.0320. The summed E-state index contributed by atoms with van der Waals surface area (Å²) in [5.41, 5.74) is 0.466. The van der Waals surface area contributed by atoms with Crippen molar-refractivity contribution in [3.63, 3.8) is 0 Å². The van der Waals surface area contributed by atoms with Crippen LogP contribution in [0.15, 0.2) is 23.0 Å². The summed E-state index contributed by atoms with van der Waals surface area (Å²) >= 11 is 18.7. The molecule has 3 atom stereocenters. The highest BCUT2D eigenvalue weighted by Gasteiger charge is 2.45. The van der Waals surface area contributed by atoms with Crippen molar-refractivity contribution in [2.45, 2.75) is 49.6 Å². The number of alkyl halides is 3. The molecule has 1 N–H and O–H groups in total. The minimum Gasteiger partial charge on any atom is -0.336 e. The number of carbonyl (C=O) groups is 1. The smallest absolute Gasteiger partial charge is 0.250 e. The summed E-state index contributed by atoms with van der Waals surface area (Å²) < 4.78 is 0.206. The molecule has 1 fully saturated rings. The van der Waals surface area contributed by atoms with Crippen molar-refractivity contribution in [3.05, 3.63) is 34.2 Å². The Morgan fingerprint density at radius 1 is 1.19 bits per heavy atom. The van der Waals surface area contributed by atoms with E-state index in [1.807, 2.05) is 36.3 Å². The Bertz CT molecular complexity index is 751. The Labute approximate surface area is 168 Å². The normalized spacial score (nSPS) is 24.7. The van der Waals surface area contributed by atoms with E-state index >= 15 is 0 Å². The zero-order valence-electron chi connectivity index (χ0n) is 15.1. The first-order valence-electron chi connectivity index (χ1n) is 8.78. The van der Waals surface area contributed by atoms with E-state index in [1.165, 1.54) is 0 Å². The zero-order valence-corrected chi connectivity index (χ0v) is 17.4. The van der Waals surface area contributed by atoms with Gasteiger partial charge in [-0.25, -0.2) is 0 Å². The molecule has 144 valence electrons. The van der Waals surface area contributed by atoms with Crippen molar-refractivity contribution in [2.24, 2.45) is 11.3 Å². The number of piperidine rings is 1. The SMILES string of the molecule is CC(C)(C)C(=O)NC(N1C[C@@H]2C[C@@H](C1)c1cccc(=O)n1C2)C(Cl)(Cl)Cl. The molecule has 3 heterocycles. The number of nitrogens with zero attached hydrogens (tertiary/aromatic N) is 2. The highest BCUT2D eigenvalue weighted by atomic mass is 35.6. The van der Waals surface area contributed by atoms with Crippen LogP contribution in [0.5, 0.6) is 0 Å². The average Bonchev–Trinajstić information content (AvgIpc) is 2.51. The summed E-state index contributed by atoms with van der Waals surface area (Å²) in [7, 11) is 0. The Hall–Kier alpha value is -0.750. The number of halogens is 3. The molecule has 26 heavy (non-hydrogen) atoms. The first kappa shape index (κ1) is 20.0. The third-order valence-corrected chi connectivity index (χ3v) is 5.75. The molecule has 0 spiro atoms. The maximum absolute atomic E-state index is 12.5. The van der Waals surface area contributed by atoms with E-state index < -0.39 is 15.4 Å². The van der Waals surface area contributed by atoms with Crippen LogP contribution in [0, 0.1) is 11.3 Å². The number of nitrogens with one attached hydrogen (secondary N) is 1. The standard InChI is InChI=1S/C18H24Cl3N3O2/c1-17(2,3)16(26)22-15(18(19,20)21)23-8-11-7-12(10-23)13-5-4-6-14(25)24(13)9-11/h4-6,11-12,15H,7-10H2,1-3H3,(H,22,26)/t11-,12-,15?/m0/s1. The van der Waals surface area contributed by atoms with Crippen LogP contribution in [0.3, 0.4) is 0 Å². The topological polar surface area (TPSA) is 54.3 Å². The van der Waals surface area contributed by atoms with Crippen molar-refractivity contribution in [3.8, 4) is 0 Å². The first-order chi connectivity index (χ1) is 12.0. The highest BCUT2D eigenvalue weighted by Crippen LogP contribution is 2.40. The summed E-state index contributed by atoms with van der Waals surface area (Å²) in [5.74, 6) is 0.293. The summed E-state index contributed by atoms with van der Waals surface area (Å²) in [6.07, 6.45) is 0.284. The van der Waals surface area contributed by atoms with Gasteiger partial charge in [-0.2, -0.15) is 0 Å². The van der Waals surface area contributed by atoms with Gasteiger partial charge in [0.2, 0.25) is 9.70 Å². The van der Waals surface area contributed by atoms with Gasteiger partial charge in [-0.3, -0.25) is 14.5 Å². The van der Waals surface area contributed by atoms with Gasteiger partial charge in [-0.05, 0) is 18.4 Å². The van der Waals surface area contributed by atoms with Gasteiger partial charge in [0.05, 0.1) is 0 Å². The number of fused-ring (bicyclic) bond motifs is 4. The molecule has 0 aliphatic carbocycles. The zero-order chi connectivity index (χ0) is 19.3. The van der Waals surface area contributed by atoms with Gasteiger partial charge in [-0.15, -0.1) is 0 Å². The van der Waals surface area contributed by atoms with Crippen molar-refractivity contribution in [2.75, 3.05) is 13.1 Å². The van der Waals surface area contributed by atoms with E-state index in [2.05, 4.69) is 5.32 Å². The lowest BCUT2D eigenvalue weighted by atomic mass is 9.83. The second kappa shape index (κ2) is 7.01. The first-order valence-corrected chi connectivity index (χ1v) is 9.91. The molecule has 1 amide bonds. The quantitative estimate of drug-likeness (QED) is 0.748. The van der Waals surface area contributed by atoms with Gasteiger partial charge in [-0.1, -0.05) is 61.6 Å². The van der Waals surface area contributed by atoms with Crippen LogP contribution in [0.1, 0.15) is 38.8 Å². The maximum atomic E-state index is 12.5. The van der Waals surface area contributed by atoms with Gasteiger partial charge in [0.1, 0.15) is 6.17 Å². The van der Waals surface area contributed by atoms with E-state index in [4.69, 9.17) is 34.8 Å². The van der Waals surface area contributed by atoms with Gasteiger partial charge in [0.15, 0.2) is 0 Å². The van der Waals surface area contributed by atoms with Crippen LogP contribution in [0.25, 0.3) is 0 Å². The molecular weight excluding hydrogens is 397 g/mol. The molecular formula is C18H24Cl3N3O2. The van der Waals surface area contributed by atoms with Crippen molar-refractivity contribution in [1.82, 2.24) is 14.8 Å². The number of amides is 1. The fourth-order valence-electron chi connectivity index (χ4n) is 3.87. The fourth-order valence-corrected chi connectivity index (χ4v) is 4.44. The molecule has 3 rings (SSSR count). The van der Waals surface area contributed by atoms with Crippen LogP contribution >= 0.6 is 34.8 Å². The summed E-state index contributed by atoms with van der Waals surface area (Å²) in [6.45, 7) is 7.42. The molecule has 0 saturated carbocycles. The molecule has 1 saturated heterocycles. The number of carbonyl (C=O) groups excluding carboxylic acids is 1. The second-order valence-corrected chi connectivity index (χ2v) is 10.7. The predicted molar refractivity (Wildman–Crippen MR) is 105 cm³/mol. The molecule has 1 aromatic heterocycles. The van der Waals surface area contributed by atoms with Crippen molar-refractivity contribution >= 4 is 40.7 Å². The van der Waals surface area contributed by atoms with E-state index in [0.717, 1.165) is 12.1 Å². The number of pyridine rings is 1. The molecule has 2 bridgehead atoms. The highest BCUT2D eigenvalue weighted by molar-refractivity contribution is 6.68. The number of hydrogen-bond acceptors (Lipinski definition) is 3. The van der Waals surface area contributed by atoms with E-state index in [0.29, 0.717) is 19.6 Å². The lowest BCUT2D eigenvalue weighted by Crippen LogP contribution is -2.61. The monoisotopic (exact) mass is 419 g/mol. The second-order valence-electron chi connectivity index (χ2n) is 8.32. The van der Waals surface area contributed by atoms with Crippen molar-refractivity contribution in [1.29, 1.82) is 0 Å². The third-order valence-electron chi connectivity index (χ3n) is 5.13. The third kappa shape index (κ3) is 4.06. The van der Waals surface area contributed by atoms with E-state index in [1.54, 1.807) is 12.1 Å². The lowest BCUT2D eigenvalue weighted by Gasteiger charge is -2.47. The Kier molecular flexibility index (Phi) is 5.39. The number of likely N-dealkylation sites (tertiary alicyclic amines) is 1. The molecule has 8 heteroatoms. The van der Waals surface area contributed by atoms with Crippen LogP contribution < -0.4 is 10.9 Å². The van der Waals surface area contributed by atoms with Gasteiger partial charge in [0, 0.05) is 42.7 Å². The lowest BCUT2D eigenvalue weighted by molar-refractivity contribution is -0.131. The summed E-state index contributed by atoms with van der Waals surface area (Å²) in [4.78, 5) is 26.7. The predicted octanol–water partition coefficient (Wildman–Crippen LogP) is 3.13. The Morgan fingerprint density at radius 2 is 1.88 bits per heavy atom. The molecule has 1 aromatic rings. The van der Waals surface area contributed by atoms with Crippen LogP contribution in [0.2, 0.25) is 0 Å². The van der Waals surface area contributed by atoms with Crippen molar-refractivity contribution < 1.29 is 4.79 Å². The Balaban J connectivity index is 1.87. The Morgan fingerprint density at radius 3 is 2.50 bits per heavy atom. The molecule has 0 aromatic carbocycles. The van der Waals surface area contributed by atoms with Crippen LogP contribution in [0.4, 0.5) is 0 Å². The van der Waals surface area contributed by atoms with E-state index in [9.17, 15) is 9.59 Å². The van der Waals surface area contributed by atoms with Crippen LogP contribution in [-0.2, 0) is 11.3 Å². The number of rotatable bonds is 2. The minimum atomic E-state index is -1.65. The average molecular weight is 421 g/mol. The summed E-state index contributed by atoms with van der Waals surface area (Å²) in [6, 6.07) is 5.38. The van der Waals surface area contributed by atoms with Gasteiger partial charge < -0.3 is 9.88 Å². The molecule has 2 aliphatic rings. The van der Waals surface area contributed by atoms with Crippen LogP contribution in [-0.4, -0.2) is 38.4 Å². The van der Waals surface area contributed by atoms with Gasteiger partial charge in [0.25, 0.3) is 5.56 Å². The summed E-state index contributed by atoms with van der Waals surface area (Å²) in [5, 5.41) is 2.91. The fraction of sp³-hybridized carbons (Fsp3) is 0.667. The largest absolute Gasteiger partial charge is 0.336 e. The number of hydrogen-bond donors (Lipinski definition) is 1. The van der Waals surface area contributed by atoms with Gasteiger partial charge >= 0.3 is 0 Å².